The largest absolute Gasteiger partial charge is 0.416 e. The number of hydrogen-bond acceptors (Lipinski definition) is 2. The molecule has 3 nitrogen and oxygen atoms in total. The van der Waals surface area contributed by atoms with E-state index < -0.39 is 23.2 Å². The van der Waals surface area contributed by atoms with Crippen LogP contribution in [0.5, 0.6) is 0 Å². The van der Waals surface area contributed by atoms with Crippen molar-refractivity contribution >= 4 is 11.6 Å². The lowest BCUT2D eigenvalue weighted by Crippen LogP contribution is -2.40. The number of carbonyl (C=O) groups is 1. The van der Waals surface area contributed by atoms with E-state index in [1.165, 1.54) is 26.0 Å². The van der Waals surface area contributed by atoms with Crippen molar-refractivity contribution < 1.29 is 23.1 Å². The van der Waals surface area contributed by atoms with Crippen LogP contribution in [0.3, 0.4) is 0 Å². The molecule has 6 heteroatoms. The van der Waals surface area contributed by atoms with Gasteiger partial charge in [0.05, 0.1) is 5.56 Å². The summed E-state index contributed by atoms with van der Waals surface area (Å²) < 4.78 is 38.8. The first-order valence-electron chi connectivity index (χ1n) is 7.85. The van der Waals surface area contributed by atoms with E-state index in [2.05, 4.69) is 5.32 Å². The molecule has 25 heavy (non-hydrogen) atoms. The summed E-state index contributed by atoms with van der Waals surface area (Å²) in [6.07, 6.45) is -3.87. The van der Waals surface area contributed by atoms with Gasteiger partial charge in [0.25, 0.3) is 5.91 Å². The summed E-state index contributed by atoms with van der Waals surface area (Å²) in [5.41, 5.74) is -1.47. The van der Waals surface area contributed by atoms with Gasteiger partial charge in [-0.2, -0.15) is 13.2 Å². The Morgan fingerprint density at radius 2 is 1.76 bits per heavy atom. The molecule has 2 N–H and O–H groups in total. The van der Waals surface area contributed by atoms with Crippen LogP contribution in [0.1, 0.15) is 30.0 Å². The van der Waals surface area contributed by atoms with Crippen LogP contribution in [0.4, 0.5) is 18.9 Å². The maximum absolute atomic E-state index is 12.9. The minimum atomic E-state index is -4.50. The third-order valence-electron chi connectivity index (χ3n) is 4.03. The number of nitrogens with one attached hydrogen (secondary N) is 1. The summed E-state index contributed by atoms with van der Waals surface area (Å²) in [6.45, 7) is 2.70. The lowest BCUT2D eigenvalue weighted by Gasteiger charge is -2.23. The number of hydrogen-bond donors (Lipinski definition) is 2. The van der Waals surface area contributed by atoms with Crippen molar-refractivity contribution in [3.05, 3.63) is 65.2 Å². The van der Waals surface area contributed by atoms with Crippen molar-refractivity contribution in [3.63, 3.8) is 0 Å². The zero-order valence-corrected chi connectivity index (χ0v) is 14.0. The van der Waals surface area contributed by atoms with Crippen molar-refractivity contribution in [1.82, 2.24) is 0 Å². The molecule has 2 aromatic rings. The second-order valence-corrected chi connectivity index (χ2v) is 6.24. The average molecular weight is 351 g/mol. The standard InChI is InChI=1S/C19H20F3NO2/c1-13-8-9-15(12-16(13)19(20,21)22)23-17(24)18(2,25)11-10-14-6-4-3-5-7-14/h3-9,12,25H,10-11H2,1-2H3,(H,23,24). The second kappa shape index (κ2) is 7.27. The first kappa shape index (κ1) is 19.0. The Bertz CT molecular complexity index is 740. The number of halogens is 3. The van der Waals surface area contributed by atoms with Gasteiger partial charge in [-0.15, -0.1) is 0 Å². The van der Waals surface area contributed by atoms with Crippen LogP contribution in [0, 0.1) is 6.92 Å². The van der Waals surface area contributed by atoms with Crippen molar-refractivity contribution in [2.75, 3.05) is 5.32 Å². The summed E-state index contributed by atoms with van der Waals surface area (Å²) in [4.78, 5) is 12.3. The molecule has 2 aromatic carbocycles. The highest BCUT2D eigenvalue weighted by Gasteiger charge is 2.34. The van der Waals surface area contributed by atoms with E-state index in [0.717, 1.165) is 11.6 Å². The average Bonchev–Trinajstić information content (AvgIpc) is 2.54. The quantitative estimate of drug-likeness (QED) is 0.842. The van der Waals surface area contributed by atoms with Gasteiger partial charge in [-0.1, -0.05) is 36.4 Å². The highest BCUT2D eigenvalue weighted by molar-refractivity contribution is 5.96. The van der Waals surface area contributed by atoms with Crippen LogP contribution in [0.15, 0.2) is 48.5 Å². The maximum Gasteiger partial charge on any atom is 0.416 e. The van der Waals surface area contributed by atoms with Gasteiger partial charge in [0, 0.05) is 5.69 Å². The molecule has 2 rings (SSSR count). The molecule has 0 aliphatic rings. The molecule has 1 amide bonds. The van der Waals surface area contributed by atoms with Gasteiger partial charge in [0.2, 0.25) is 0 Å². The molecule has 0 bridgehead atoms. The summed E-state index contributed by atoms with van der Waals surface area (Å²) in [5.74, 6) is -0.736. The third-order valence-corrected chi connectivity index (χ3v) is 4.03. The zero-order valence-electron chi connectivity index (χ0n) is 14.0. The van der Waals surface area contributed by atoms with Crippen molar-refractivity contribution in [2.24, 2.45) is 0 Å². The van der Waals surface area contributed by atoms with Gasteiger partial charge >= 0.3 is 6.18 Å². The summed E-state index contributed by atoms with van der Waals surface area (Å²) in [7, 11) is 0. The molecule has 134 valence electrons. The monoisotopic (exact) mass is 351 g/mol. The van der Waals surface area contributed by atoms with Gasteiger partial charge in [-0.05, 0) is 49.9 Å². The second-order valence-electron chi connectivity index (χ2n) is 6.24. The fraction of sp³-hybridized carbons (Fsp3) is 0.316. The molecule has 0 aliphatic carbocycles. The van der Waals surface area contributed by atoms with E-state index in [1.807, 2.05) is 30.3 Å². The lowest BCUT2D eigenvalue weighted by molar-refractivity contribution is -0.138. The van der Waals surface area contributed by atoms with E-state index in [0.29, 0.717) is 6.42 Å². The Morgan fingerprint density at radius 1 is 1.12 bits per heavy atom. The molecular formula is C19H20F3NO2. The fourth-order valence-electron chi connectivity index (χ4n) is 2.42. The molecule has 0 saturated carbocycles. The maximum atomic E-state index is 12.9. The van der Waals surface area contributed by atoms with Gasteiger partial charge in [0.1, 0.15) is 5.60 Å². The summed E-state index contributed by atoms with van der Waals surface area (Å²) >= 11 is 0. The van der Waals surface area contributed by atoms with E-state index in [4.69, 9.17) is 0 Å². The highest BCUT2D eigenvalue weighted by Crippen LogP contribution is 2.33. The van der Waals surface area contributed by atoms with Crippen LogP contribution >= 0.6 is 0 Å². The number of aryl methyl sites for hydroxylation is 2. The fourth-order valence-corrected chi connectivity index (χ4v) is 2.42. The Hall–Kier alpha value is -2.34. The van der Waals surface area contributed by atoms with E-state index in [1.54, 1.807) is 0 Å². The molecule has 0 spiro atoms. The predicted octanol–water partition coefficient (Wildman–Crippen LogP) is 4.34. The van der Waals surface area contributed by atoms with E-state index in [9.17, 15) is 23.1 Å². The SMILES string of the molecule is Cc1ccc(NC(=O)C(C)(O)CCc2ccccc2)cc1C(F)(F)F. The number of alkyl halides is 3. The number of benzene rings is 2. The van der Waals surface area contributed by atoms with Gasteiger partial charge < -0.3 is 10.4 Å². The number of anilines is 1. The van der Waals surface area contributed by atoms with E-state index >= 15 is 0 Å². The predicted molar refractivity (Wildman–Crippen MR) is 90.2 cm³/mol. The topological polar surface area (TPSA) is 49.3 Å². The number of aliphatic hydroxyl groups is 1. The Balaban J connectivity index is 2.07. The molecule has 0 aliphatic heterocycles. The minimum Gasteiger partial charge on any atom is -0.380 e. The van der Waals surface area contributed by atoms with Crippen LogP contribution in [0.2, 0.25) is 0 Å². The molecule has 0 aromatic heterocycles. The smallest absolute Gasteiger partial charge is 0.380 e. The molecular weight excluding hydrogens is 331 g/mol. The third kappa shape index (κ3) is 5.06. The molecule has 0 fully saturated rings. The van der Waals surface area contributed by atoms with Crippen LogP contribution in [0.25, 0.3) is 0 Å². The minimum absolute atomic E-state index is 0.00270. The van der Waals surface area contributed by atoms with Gasteiger partial charge in [-0.3, -0.25) is 4.79 Å². The Morgan fingerprint density at radius 3 is 2.36 bits per heavy atom. The molecule has 0 radical (unpaired) electrons. The molecule has 0 heterocycles. The number of amides is 1. The summed E-state index contributed by atoms with van der Waals surface area (Å²) in [6, 6.07) is 12.9. The van der Waals surface area contributed by atoms with Gasteiger partial charge in [-0.25, -0.2) is 0 Å². The highest BCUT2D eigenvalue weighted by atomic mass is 19.4. The number of carbonyl (C=O) groups excluding carboxylic acids is 1. The number of rotatable bonds is 5. The first-order valence-corrected chi connectivity index (χ1v) is 7.85. The Kier molecular flexibility index (Phi) is 5.52. The van der Waals surface area contributed by atoms with Crippen molar-refractivity contribution in [2.45, 2.75) is 38.5 Å². The first-order chi connectivity index (χ1) is 11.6. The van der Waals surface area contributed by atoms with Crippen LogP contribution in [-0.2, 0) is 17.4 Å². The molecule has 1 atom stereocenters. The van der Waals surface area contributed by atoms with Gasteiger partial charge in [0.15, 0.2) is 0 Å². The normalized spacial score (nSPS) is 14.0. The summed E-state index contributed by atoms with van der Waals surface area (Å²) in [5, 5.41) is 12.7. The van der Waals surface area contributed by atoms with Crippen molar-refractivity contribution in [1.29, 1.82) is 0 Å². The lowest BCUT2D eigenvalue weighted by atomic mass is 9.95. The van der Waals surface area contributed by atoms with Crippen LogP contribution < -0.4 is 5.32 Å². The van der Waals surface area contributed by atoms with Crippen molar-refractivity contribution in [3.8, 4) is 0 Å². The molecule has 1 unspecified atom stereocenters. The Labute approximate surface area is 144 Å². The molecule has 0 saturated heterocycles. The van der Waals surface area contributed by atoms with Crippen LogP contribution in [-0.4, -0.2) is 16.6 Å². The van der Waals surface area contributed by atoms with E-state index in [-0.39, 0.29) is 17.7 Å². The zero-order chi connectivity index (χ0) is 18.7.